The Morgan fingerprint density at radius 1 is 0.765 bits per heavy atom. The number of benzene rings is 1. The first-order valence-corrected chi connectivity index (χ1v) is 8.02. The molecule has 0 aliphatic carbocycles. The zero-order chi connectivity index (χ0) is 13.1. The summed E-state index contributed by atoms with van der Waals surface area (Å²) in [4.78, 5) is 0. The van der Waals surface area contributed by atoms with Crippen molar-refractivity contribution in [3.8, 4) is 0 Å². The van der Waals surface area contributed by atoms with Crippen LogP contribution in [0.4, 0.5) is 0 Å². The summed E-state index contributed by atoms with van der Waals surface area (Å²) in [6, 6.07) is 11.9. The van der Waals surface area contributed by atoms with Gasteiger partial charge in [0.25, 0.3) is 8.56 Å². The van der Waals surface area contributed by atoms with Gasteiger partial charge >= 0.3 is 0 Å². The molecule has 0 bridgehead atoms. The zero-order valence-electron chi connectivity index (χ0n) is 11.9. The molecule has 0 aromatic heterocycles. The van der Waals surface area contributed by atoms with E-state index in [2.05, 4.69) is 86.3 Å². The van der Waals surface area contributed by atoms with Gasteiger partial charge in [-0.05, 0) is 47.8 Å². The third-order valence-corrected chi connectivity index (χ3v) is 8.61. The van der Waals surface area contributed by atoms with Gasteiger partial charge in [0.1, 0.15) is 0 Å². The molecule has 0 unspecified atom stereocenters. The van der Waals surface area contributed by atoms with Gasteiger partial charge in [-0.1, -0.05) is 30.3 Å². The minimum absolute atomic E-state index is 1.11. The minimum atomic E-state index is -1.77. The van der Waals surface area contributed by atoms with Crippen LogP contribution in [0.1, 0.15) is 5.56 Å². The highest BCUT2D eigenvalue weighted by molar-refractivity contribution is 6.70. The van der Waals surface area contributed by atoms with Crippen LogP contribution in [0.25, 0.3) is 0 Å². The molecule has 0 amide bonds. The second-order valence-corrected chi connectivity index (χ2v) is 9.71. The number of nitrogens with zero attached hydrogens (tertiary/aromatic N) is 3. The molecule has 96 valence electrons. The SMILES string of the molecule is CN(C)[Si](Cc1ccccc1)(N(C)C)N(C)C. The van der Waals surface area contributed by atoms with Crippen molar-refractivity contribution in [3.05, 3.63) is 35.9 Å². The van der Waals surface area contributed by atoms with Gasteiger partial charge < -0.3 is 13.7 Å². The topological polar surface area (TPSA) is 9.72 Å². The molecule has 1 rings (SSSR count). The largest absolute Gasteiger partial charge is 0.305 e. The van der Waals surface area contributed by atoms with Crippen molar-refractivity contribution in [2.24, 2.45) is 0 Å². The van der Waals surface area contributed by atoms with Crippen LogP contribution in [0, 0.1) is 0 Å². The minimum Gasteiger partial charge on any atom is -0.305 e. The lowest BCUT2D eigenvalue weighted by Crippen LogP contribution is -2.71. The molecule has 3 nitrogen and oxygen atoms in total. The molecule has 1 aromatic rings. The Hall–Kier alpha value is -0.683. The van der Waals surface area contributed by atoms with Gasteiger partial charge in [-0.3, -0.25) is 0 Å². The Bertz CT molecular complexity index is 314. The summed E-state index contributed by atoms with van der Waals surface area (Å²) in [5, 5.41) is 0. The lowest BCUT2D eigenvalue weighted by molar-refractivity contribution is 0.375. The fourth-order valence-electron chi connectivity index (χ4n) is 2.54. The summed E-state index contributed by atoms with van der Waals surface area (Å²) >= 11 is 0. The van der Waals surface area contributed by atoms with Gasteiger partial charge in [0.2, 0.25) is 0 Å². The quantitative estimate of drug-likeness (QED) is 0.732. The van der Waals surface area contributed by atoms with E-state index in [4.69, 9.17) is 0 Å². The Labute approximate surface area is 107 Å². The maximum Gasteiger partial charge on any atom is 0.292 e. The van der Waals surface area contributed by atoms with Gasteiger partial charge in [0, 0.05) is 6.04 Å². The molecular weight excluding hydrogens is 226 g/mol. The Morgan fingerprint density at radius 2 is 1.18 bits per heavy atom. The average Bonchev–Trinajstić information content (AvgIpc) is 2.25. The lowest BCUT2D eigenvalue weighted by Gasteiger charge is -2.46. The molecule has 0 saturated heterocycles. The van der Waals surface area contributed by atoms with Crippen LogP contribution in [0.3, 0.4) is 0 Å². The predicted octanol–water partition coefficient (Wildman–Crippen LogP) is 1.39. The van der Waals surface area contributed by atoms with Crippen LogP contribution < -0.4 is 0 Å². The highest BCUT2D eigenvalue weighted by Crippen LogP contribution is 2.18. The van der Waals surface area contributed by atoms with Crippen molar-refractivity contribution in [1.29, 1.82) is 0 Å². The van der Waals surface area contributed by atoms with E-state index >= 15 is 0 Å². The lowest BCUT2D eigenvalue weighted by atomic mass is 10.2. The van der Waals surface area contributed by atoms with Crippen molar-refractivity contribution in [2.45, 2.75) is 6.04 Å². The second kappa shape index (κ2) is 5.77. The summed E-state index contributed by atoms with van der Waals surface area (Å²) in [5.74, 6) is 0. The van der Waals surface area contributed by atoms with E-state index in [0.29, 0.717) is 0 Å². The van der Waals surface area contributed by atoms with Crippen LogP contribution >= 0.6 is 0 Å². The van der Waals surface area contributed by atoms with Crippen molar-refractivity contribution in [2.75, 3.05) is 42.3 Å². The van der Waals surface area contributed by atoms with Gasteiger partial charge in [-0.25, -0.2) is 0 Å². The normalized spacial score (nSPS) is 12.8. The second-order valence-electron chi connectivity index (χ2n) is 5.12. The molecule has 17 heavy (non-hydrogen) atoms. The Morgan fingerprint density at radius 3 is 1.53 bits per heavy atom. The highest BCUT2D eigenvalue weighted by Gasteiger charge is 2.42. The smallest absolute Gasteiger partial charge is 0.292 e. The molecule has 4 heteroatoms. The molecule has 0 heterocycles. The Kier molecular flexibility index (Phi) is 4.88. The van der Waals surface area contributed by atoms with Gasteiger partial charge in [-0.2, -0.15) is 0 Å². The van der Waals surface area contributed by atoms with Crippen LogP contribution in [0.5, 0.6) is 0 Å². The fraction of sp³-hybridized carbons (Fsp3) is 0.538. The predicted molar refractivity (Wildman–Crippen MR) is 77.0 cm³/mol. The van der Waals surface area contributed by atoms with E-state index in [1.807, 2.05) is 0 Å². The van der Waals surface area contributed by atoms with Crippen molar-refractivity contribution in [1.82, 2.24) is 13.7 Å². The first kappa shape index (κ1) is 14.4. The Balaban J connectivity index is 3.07. The summed E-state index contributed by atoms with van der Waals surface area (Å²) in [6.45, 7) is 0. The van der Waals surface area contributed by atoms with Crippen LogP contribution in [0.15, 0.2) is 30.3 Å². The molecule has 0 radical (unpaired) electrons. The first-order valence-electron chi connectivity index (χ1n) is 5.97. The highest BCUT2D eigenvalue weighted by atomic mass is 28.4. The van der Waals surface area contributed by atoms with Crippen molar-refractivity contribution in [3.63, 3.8) is 0 Å². The molecular formula is C13H25N3Si. The summed E-state index contributed by atoms with van der Waals surface area (Å²) in [6.07, 6.45) is 0. The van der Waals surface area contributed by atoms with Crippen molar-refractivity contribution < 1.29 is 0 Å². The third kappa shape index (κ3) is 2.96. The van der Waals surface area contributed by atoms with Crippen LogP contribution in [0.2, 0.25) is 0 Å². The van der Waals surface area contributed by atoms with E-state index in [1.54, 1.807) is 0 Å². The maximum absolute atomic E-state index is 2.40. The van der Waals surface area contributed by atoms with Crippen LogP contribution in [-0.2, 0) is 6.04 Å². The molecule has 0 atom stereocenters. The maximum atomic E-state index is 2.40. The van der Waals surface area contributed by atoms with E-state index in [9.17, 15) is 0 Å². The average molecular weight is 251 g/mol. The molecule has 0 aliphatic rings. The molecule has 0 N–H and O–H groups in total. The monoisotopic (exact) mass is 251 g/mol. The van der Waals surface area contributed by atoms with Gasteiger partial charge in [0.05, 0.1) is 0 Å². The number of rotatable bonds is 5. The van der Waals surface area contributed by atoms with E-state index < -0.39 is 8.56 Å². The van der Waals surface area contributed by atoms with Crippen LogP contribution in [-0.4, -0.2) is 64.5 Å². The summed E-state index contributed by atoms with van der Waals surface area (Å²) in [7, 11) is 11.4. The van der Waals surface area contributed by atoms with Gasteiger partial charge in [-0.15, -0.1) is 0 Å². The fourth-order valence-corrected chi connectivity index (χ4v) is 6.68. The number of hydrogen-bond acceptors (Lipinski definition) is 3. The first-order chi connectivity index (χ1) is 7.91. The zero-order valence-corrected chi connectivity index (χ0v) is 12.9. The molecule has 0 aliphatic heterocycles. The van der Waals surface area contributed by atoms with E-state index in [0.717, 1.165) is 6.04 Å². The summed E-state index contributed by atoms with van der Waals surface area (Å²) < 4.78 is 7.21. The molecule has 1 aromatic carbocycles. The van der Waals surface area contributed by atoms with E-state index in [1.165, 1.54) is 5.56 Å². The van der Waals surface area contributed by atoms with Crippen molar-refractivity contribution >= 4 is 8.56 Å². The van der Waals surface area contributed by atoms with Gasteiger partial charge in [0.15, 0.2) is 0 Å². The molecule has 0 fully saturated rings. The standard InChI is InChI=1S/C13H25N3Si/c1-14(2)17(15(3)4,16(5)6)12-13-10-8-7-9-11-13/h7-11H,12H2,1-6H3. The summed E-state index contributed by atoms with van der Waals surface area (Å²) in [5.41, 5.74) is 1.41. The molecule has 0 saturated carbocycles. The van der Waals surface area contributed by atoms with E-state index in [-0.39, 0.29) is 0 Å². The molecule has 0 spiro atoms. The third-order valence-electron chi connectivity index (χ3n) is 3.43. The number of hydrogen-bond donors (Lipinski definition) is 0.